The van der Waals surface area contributed by atoms with Gasteiger partial charge in [-0.2, -0.15) is 0 Å². The number of carbonyl (C=O) groups is 1. The number of anilines is 1. The number of halogens is 2. The van der Waals surface area contributed by atoms with E-state index in [9.17, 15) is 4.79 Å². The lowest BCUT2D eigenvalue weighted by Crippen LogP contribution is -2.19. The van der Waals surface area contributed by atoms with E-state index in [1.807, 2.05) is 31.1 Å². The number of hydrogen-bond donors (Lipinski definition) is 1. The van der Waals surface area contributed by atoms with Crippen LogP contribution in [0.1, 0.15) is 10.4 Å². The molecule has 23 heavy (non-hydrogen) atoms. The van der Waals surface area contributed by atoms with Crippen LogP contribution in [0, 0.1) is 3.57 Å². The first-order valence-electron chi connectivity index (χ1n) is 7.09. The summed E-state index contributed by atoms with van der Waals surface area (Å²) in [5.74, 6) is 0.444. The third-order valence-corrected chi connectivity index (χ3v) is 4.11. The SMILES string of the molecule is CN(C)CCOc1ccc(NC(=O)c2ccc(I)cc2)cc1Cl. The lowest BCUT2D eigenvalue weighted by atomic mass is 10.2. The molecular weight excluding hydrogens is 427 g/mol. The minimum Gasteiger partial charge on any atom is -0.491 e. The van der Waals surface area contributed by atoms with Gasteiger partial charge in [0.05, 0.1) is 5.02 Å². The van der Waals surface area contributed by atoms with Crippen molar-refractivity contribution in [1.82, 2.24) is 4.90 Å². The minimum absolute atomic E-state index is 0.168. The Kier molecular flexibility index (Phi) is 6.68. The van der Waals surface area contributed by atoms with E-state index in [1.165, 1.54) is 0 Å². The van der Waals surface area contributed by atoms with Crippen LogP contribution >= 0.6 is 34.2 Å². The van der Waals surface area contributed by atoms with Crippen LogP contribution in [0.5, 0.6) is 5.75 Å². The van der Waals surface area contributed by atoms with E-state index in [0.717, 1.165) is 10.1 Å². The van der Waals surface area contributed by atoms with Gasteiger partial charge in [0.15, 0.2) is 0 Å². The molecule has 0 radical (unpaired) electrons. The summed E-state index contributed by atoms with van der Waals surface area (Å²) in [4.78, 5) is 14.2. The maximum Gasteiger partial charge on any atom is 0.255 e. The molecule has 0 bridgehead atoms. The number of hydrogen-bond acceptors (Lipinski definition) is 3. The highest BCUT2D eigenvalue weighted by Crippen LogP contribution is 2.28. The van der Waals surface area contributed by atoms with Gasteiger partial charge in [0, 0.05) is 21.4 Å². The molecule has 4 nitrogen and oxygen atoms in total. The Balaban J connectivity index is 1.99. The smallest absolute Gasteiger partial charge is 0.255 e. The van der Waals surface area contributed by atoms with Crippen LogP contribution in [-0.4, -0.2) is 38.1 Å². The van der Waals surface area contributed by atoms with Gasteiger partial charge in [0.2, 0.25) is 0 Å². The van der Waals surface area contributed by atoms with Gasteiger partial charge in [0.1, 0.15) is 12.4 Å². The van der Waals surface area contributed by atoms with Gasteiger partial charge in [-0.3, -0.25) is 4.79 Å². The summed E-state index contributed by atoms with van der Waals surface area (Å²) < 4.78 is 6.70. The summed E-state index contributed by atoms with van der Waals surface area (Å²) in [5.41, 5.74) is 1.24. The number of rotatable bonds is 6. The predicted molar refractivity (Wildman–Crippen MR) is 103 cm³/mol. The summed E-state index contributed by atoms with van der Waals surface area (Å²) >= 11 is 8.40. The molecule has 0 aromatic heterocycles. The fourth-order valence-electron chi connectivity index (χ4n) is 1.84. The Morgan fingerprint density at radius 2 is 1.91 bits per heavy atom. The van der Waals surface area contributed by atoms with Gasteiger partial charge >= 0.3 is 0 Å². The van der Waals surface area contributed by atoms with E-state index in [2.05, 4.69) is 27.9 Å². The van der Waals surface area contributed by atoms with Gasteiger partial charge in [0.25, 0.3) is 5.91 Å². The van der Waals surface area contributed by atoms with Crippen LogP contribution in [0.25, 0.3) is 0 Å². The van der Waals surface area contributed by atoms with Crippen LogP contribution < -0.4 is 10.1 Å². The molecule has 0 fully saturated rings. The van der Waals surface area contributed by atoms with Gasteiger partial charge < -0.3 is 15.0 Å². The molecule has 2 rings (SSSR count). The molecule has 0 aliphatic carbocycles. The highest BCUT2D eigenvalue weighted by atomic mass is 127. The Hall–Kier alpha value is -1.31. The quantitative estimate of drug-likeness (QED) is 0.681. The average Bonchev–Trinajstić information content (AvgIpc) is 2.49. The Morgan fingerprint density at radius 3 is 2.52 bits per heavy atom. The maximum atomic E-state index is 12.2. The first-order valence-corrected chi connectivity index (χ1v) is 8.55. The molecule has 2 aromatic carbocycles. The second-order valence-corrected chi connectivity index (χ2v) is 6.91. The van der Waals surface area contributed by atoms with Crippen LogP contribution in [-0.2, 0) is 0 Å². The number of amides is 1. The minimum atomic E-state index is -0.168. The van der Waals surface area contributed by atoms with Crippen molar-refractivity contribution < 1.29 is 9.53 Å². The monoisotopic (exact) mass is 444 g/mol. The van der Waals surface area contributed by atoms with E-state index in [-0.39, 0.29) is 5.91 Å². The maximum absolute atomic E-state index is 12.2. The molecular formula is C17H18ClIN2O2. The number of ether oxygens (including phenoxy) is 1. The first-order chi connectivity index (χ1) is 11.0. The van der Waals surface area contributed by atoms with E-state index < -0.39 is 0 Å². The van der Waals surface area contributed by atoms with Gasteiger partial charge in [-0.1, -0.05) is 11.6 Å². The van der Waals surface area contributed by atoms with E-state index >= 15 is 0 Å². The van der Waals surface area contributed by atoms with Gasteiger partial charge in [-0.25, -0.2) is 0 Å². The Labute approximate surface area is 154 Å². The van der Waals surface area contributed by atoms with E-state index in [4.69, 9.17) is 16.3 Å². The average molecular weight is 445 g/mol. The van der Waals surface area contributed by atoms with Crippen molar-refractivity contribution in [3.8, 4) is 5.75 Å². The molecule has 2 aromatic rings. The molecule has 0 aliphatic heterocycles. The van der Waals surface area contributed by atoms with Crippen LogP contribution in [0.2, 0.25) is 5.02 Å². The molecule has 0 saturated carbocycles. The molecule has 122 valence electrons. The number of likely N-dealkylation sites (N-methyl/N-ethyl adjacent to an activating group) is 1. The Bertz CT molecular complexity index is 675. The zero-order valence-corrected chi connectivity index (χ0v) is 15.9. The fraction of sp³-hybridized carbons (Fsp3) is 0.235. The third-order valence-electron chi connectivity index (χ3n) is 3.09. The molecule has 0 aliphatic rings. The van der Waals surface area contributed by atoms with E-state index in [0.29, 0.717) is 28.6 Å². The molecule has 0 atom stereocenters. The third kappa shape index (κ3) is 5.67. The summed E-state index contributed by atoms with van der Waals surface area (Å²) in [6, 6.07) is 12.6. The highest BCUT2D eigenvalue weighted by Gasteiger charge is 2.08. The lowest BCUT2D eigenvalue weighted by Gasteiger charge is -2.13. The number of carbonyl (C=O) groups excluding carboxylic acids is 1. The zero-order valence-electron chi connectivity index (χ0n) is 13.0. The predicted octanol–water partition coefficient (Wildman–Crippen LogP) is 4.14. The van der Waals surface area contributed by atoms with Crippen LogP contribution in [0.15, 0.2) is 42.5 Å². The molecule has 0 saturated heterocycles. The summed E-state index contributed by atoms with van der Waals surface area (Å²) in [6.07, 6.45) is 0. The molecule has 0 heterocycles. The van der Waals surface area contributed by atoms with Crippen molar-refractivity contribution in [3.63, 3.8) is 0 Å². The van der Waals surface area contributed by atoms with Crippen molar-refractivity contribution in [2.24, 2.45) is 0 Å². The van der Waals surface area contributed by atoms with Gasteiger partial charge in [-0.05, 0) is 79.2 Å². The van der Waals surface area contributed by atoms with E-state index in [1.54, 1.807) is 30.3 Å². The van der Waals surface area contributed by atoms with Crippen LogP contribution in [0.4, 0.5) is 5.69 Å². The summed E-state index contributed by atoms with van der Waals surface area (Å²) in [6.45, 7) is 1.36. The molecule has 1 amide bonds. The summed E-state index contributed by atoms with van der Waals surface area (Å²) in [5, 5.41) is 3.31. The topological polar surface area (TPSA) is 41.6 Å². The Morgan fingerprint density at radius 1 is 1.22 bits per heavy atom. The zero-order chi connectivity index (χ0) is 16.8. The fourth-order valence-corrected chi connectivity index (χ4v) is 2.43. The molecule has 0 unspecified atom stereocenters. The van der Waals surface area contributed by atoms with Crippen molar-refractivity contribution in [2.45, 2.75) is 0 Å². The van der Waals surface area contributed by atoms with Crippen LogP contribution in [0.3, 0.4) is 0 Å². The molecule has 0 spiro atoms. The number of nitrogens with one attached hydrogen (secondary N) is 1. The van der Waals surface area contributed by atoms with Crippen molar-refractivity contribution >= 4 is 45.8 Å². The van der Waals surface area contributed by atoms with Crippen molar-refractivity contribution in [1.29, 1.82) is 0 Å². The number of nitrogens with zero attached hydrogens (tertiary/aromatic N) is 1. The largest absolute Gasteiger partial charge is 0.491 e. The van der Waals surface area contributed by atoms with Crippen molar-refractivity contribution in [3.05, 3.63) is 56.6 Å². The second kappa shape index (κ2) is 8.52. The molecule has 1 N–H and O–H groups in total. The highest BCUT2D eigenvalue weighted by molar-refractivity contribution is 14.1. The standard InChI is InChI=1S/C17H18ClIN2O2/c1-21(2)9-10-23-16-8-7-14(11-15(16)18)20-17(22)12-3-5-13(19)6-4-12/h3-8,11H,9-10H2,1-2H3,(H,20,22). The number of benzene rings is 2. The lowest BCUT2D eigenvalue weighted by molar-refractivity contribution is 0.102. The molecule has 6 heteroatoms. The normalized spacial score (nSPS) is 10.7. The van der Waals surface area contributed by atoms with Crippen molar-refractivity contribution in [2.75, 3.05) is 32.6 Å². The first kappa shape index (κ1) is 18.0. The second-order valence-electron chi connectivity index (χ2n) is 5.26. The summed E-state index contributed by atoms with van der Waals surface area (Å²) in [7, 11) is 3.96. The van der Waals surface area contributed by atoms with Gasteiger partial charge in [-0.15, -0.1) is 0 Å².